The number of ether oxygens (including phenoxy) is 3. The SMILES string of the molecule is COc1cccc(OCC(CN)C2CCOCC2)c1. The molecular formula is C15H23NO3. The third-order valence-corrected chi connectivity index (χ3v) is 3.74. The second-order valence-electron chi connectivity index (χ2n) is 4.94. The molecule has 4 heteroatoms. The largest absolute Gasteiger partial charge is 0.497 e. The molecule has 2 rings (SSSR count). The van der Waals surface area contributed by atoms with Gasteiger partial charge in [-0.2, -0.15) is 0 Å². The molecule has 0 aromatic heterocycles. The van der Waals surface area contributed by atoms with Crippen LogP contribution < -0.4 is 15.2 Å². The summed E-state index contributed by atoms with van der Waals surface area (Å²) in [7, 11) is 1.66. The molecule has 1 atom stereocenters. The molecule has 19 heavy (non-hydrogen) atoms. The Morgan fingerprint density at radius 2 is 2.05 bits per heavy atom. The maximum absolute atomic E-state index is 5.88. The zero-order valence-electron chi connectivity index (χ0n) is 11.5. The van der Waals surface area contributed by atoms with E-state index in [1.165, 1.54) is 0 Å². The second kappa shape index (κ2) is 7.36. The molecule has 4 nitrogen and oxygen atoms in total. The zero-order chi connectivity index (χ0) is 13.5. The van der Waals surface area contributed by atoms with E-state index in [4.69, 9.17) is 19.9 Å². The molecule has 1 aromatic rings. The van der Waals surface area contributed by atoms with Crippen molar-refractivity contribution in [3.8, 4) is 11.5 Å². The molecule has 0 aliphatic carbocycles. The van der Waals surface area contributed by atoms with Gasteiger partial charge in [-0.05, 0) is 37.4 Å². The number of hydrogen-bond donors (Lipinski definition) is 1. The molecular weight excluding hydrogens is 242 g/mol. The summed E-state index contributed by atoms with van der Waals surface area (Å²) in [6.45, 7) is 3.02. The smallest absolute Gasteiger partial charge is 0.122 e. The van der Waals surface area contributed by atoms with Crippen molar-refractivity contribution in [3.05, 3.63) is 24.3 Å². The van der Waals surface area contributed by atoms with Crippen LogP contribution in [0.2, 0.25) is 0 Å². The van der Waals surface area contributed by atoms with Crippen LogP contribution in [0, 0.1) is 11.8 Å². The van der Waals surface area contributed by atoms with Crippen LogP contribution in [0.5, 0.6) is 11.5 Å². The lowest BCUT2D eigenvalue weighted by atomic mass is 9.86. The first-order valence-corrected chi connectivity index (χ1v) is 6.88. The number of methoxy groups -OCH3 is 1. The topological polar surface area (TPSA) is 53.7 Å². The van der Waals surface area contributed by atoms with Gasteiger partial charge in [-0.25, -0.2) is 0 Å². The van der Waals surface area contributed by atoms with Crippen molar-refractivity contribution in [1.82, 2.24) is 0 Å². The van der Waals surface area contributed by atoms with Gasteiger partial charge in [0.1, 0.15) is 11.5 Å². The minimum Gasteiger partial charge on any atom is -0.497 e. The predicted molar refractivity (Wildman–Crippen MR) is 74.6 cm³/mol. The predicted octanol–water partition coefficient (Wildman–Crippen LogP) is 2.08. The number of rotatable bonds is 6. The number of benzene rings is 1. The lowest BCUT2D eigenvalue weighted by Crippen LogP contribution is -2.32. The first-order valence-electron chi connectivity index (χ1n) is 6.88. The van der Waals surface area contributed by atoms with Crippen LogP contribution in [0.1, 0.15) is 12.8 Å². The molecule has 1 aliphatic rings. The highest BCUT2D eigenvalue weighted by atomic mass is 16.5. The summed E-state index contributed by atoms with van der Waals surface area (Å²) in [5, 5.41) is 0. The Labute approximate surface area is 114 Å². The van der Waals surface area contributed by atoms with Gasteiger partial charge in [0.05, 0.1) is 13.7 Å². The van der Waals surface area contributed by atoms with Gasteiger partial charge >= 0.3 is 0 Å². The highest BCUT2D eigenvalue weighted by Crippen LogP contribution is 2.25. The molecule has 0 bridgehead atoms. The molecule has 1 saturated heterocycles. The average Bonchev–Trinajstić information content (AvgIpc) is 2.49. The lowest BCUT2D eigenvalue weighted by Gasteiger charge is -2.29. The first-order chi connectivity index (χ1) is 9.33. The van der Waals surface area contributed by atoms with E-state index >= 15 is 0 Å². The van der Waals surface area contributed by atoms with Gasteiger partial charge in [0.2, 0.25) is 0 Å². The Morgan fingerprint density at radius 3 is 2.74 bits per heavy atom. The molecule has 1 aromatic carbocycles. The van der Waals surface area contributed by atoms with E-state index in [0.717, 1.165) is 37.6 Å². The second-order valence-corrected chi connectivity index (χ2v) is 4.94. The van der Waals surface area contributed by atoms with E-state index < -0.39 is 0 Å². The first kappa shape index (κ1) is 14.2. The maximum atomic E-state index is 5.88. The van der Waals surface area contributed by atoms with E-state index in [1.807, 2.05) is 24.3 Å². The molecule has 106 valence electrons. The Kier molecular flexibility index (Phi) is 5.48. The van der Waals surface area contributed by atoms with Gasteiger partial charge in [-0.3, -0.25) is 0 Å². The molecule has 2 N–H and O–H groups in total. The van der Waals surface area contributed by atoms with Gasteiger partial charge in [0.15, 0.2) is 0 Å². The Morgan fingerprint density at radius 1 is 1.32 bits per heavy atom. The fraction of sp³-hybridized carbons (Fsp3) is 0.600. The molecule has 0 saturated carbocycles. The van der Waals surface area contributed by atoms with Crippen LogP contribution >= 0.6 is 0 Å². The highest BCUT2D eigenvalue weighted by molar-refractivity contribution is 5.32. The Bertz CT molecular complexity index is 377. The summed E-state index contributed by atoms with van der Waals surface area (Å²) in [5.74, 6) is 2.66. The quantitative estimate of drug-likeness (QED) is 0.855. The van der Waals surface area contributed by atoms with Crippen LogP contribution in [0.4, 0.5) is 0 Å². The Balaban J connectivity index is 1.87. The molecule has 0 radical (unpaired) electrons. The molecule has 0 spiro atoms. The minimum absolute atomic E-state index is 0.398. The fourth-order valence-electron chi connectivity index (χ4n) is 2.48. The van der Waals surface area contributed by atoms with E-state index in [2.05, 4.69) is 0 Å². The minimum atomic E-state index is 0.398. The van der Waals surface area contributed by atoms with Gasteiger partial charge < -0.3 is 19.9 Å². The van der Waals surface area contributed by atoms with Crippen molar-refractivity contribution in [2.24, 2.45) is 17.6 Å². The summed E-state index contributed by atoms with van der Waals surface area (Å²) >= 11 is 0. The summed E-state index contributed by atoms with van der Waals surface area (Å²) in [5.41, 5.74) is 5.88. The molecule has 1 heterocycles. The molecule has 1 unspecified atom stereocenters. The van der Waals surface area contributed by atoms with Crippen LogP contribution in [0.25, 0.3) is 0 Å². The standard InChI is InChI=1S/C15H23NO3/c1-17-14-3-2-4-15(9-14)19-11-13(10-16)12-5-7-18-8-6-12/h2-4,9,12-13H,5-8,10-11,16H2,1H3. The van der Waals surface area contributed by atoms with Crippen molar-refractivity contribution in [1.29, 1.82) is 0 Å². The molecule has 1 aliphatic heterocycles. The number of nitrogens with two attached hydrogens (primary N) is 1. The maximum Gasteiger partial charge on any atom is 0.122 e. The van der Waals surface area contributed by atoms with Crippen molar-refractivity contribution >= 4 is 0 Å². The fourth-order valence-corrected chi connectivity index (χ4v) is 2.48. The van der Waals surface area contributed by atoms with Crippen molar-refractivity contribution in [2.75, 3.05) is 33.5 Å². The monoisotopic (exact) mass is 265 g/mol. The summed E-state index contributed by atoms with van der Waals surface area (Å²) in [4.78, 5) is 0. The van der Waals surface area contributed by atoms with Crippen LogP contribution in [0.3, 0.4) is 0 Å². The van der Waals surface area contributed by atoms with Crippen LogP contribution in [0.15, 0.2) is 24.3 Å². The Hall–Kier alpha value is -1.26. The van der Waals surface area contributed by atoms with Crippen molar-refractivity contribution < 1.29 is 14.2 Å². The number of hydrogen-bond acceptors (Lipinski definition) is 4. The van der Waals surface area contributed by atoms with E-state index in [-0.39, 0.29) is 0 Å². The molecule has 1 fully saturated rings. The summed E-state index contributed by atoms with van der Waals surface area (Å²) < 4.78 is 16.4. The summed E-state index contributed by atoms with van der Waals surface area (Å²) in [6.07, 6.45) is 2.17. The van der Waals surface area contributed by atoms with Gasteiger partial charge in [0, 0.05) is 25.2 Å². The van der Waals surface area contributed by atoms with Gasteiger partial charge in [-0.1, -0.05) is 6.07 Å². The van der Waals surface area contributed by atoms with E-state index in [1.54, 1.807) is 7.11 Å². The molecule has 0 amide bonds. The van der Waals surface area contributed by atoms with Crippen molar-refractivity contribution in [3.63, 3.8) is 0 Å². The lowest BCUT2D eigenvalue weighted by molar-refractivity contribution is 0.0381. The van der Waals surface area contributed by atoms with Crippen LogP contribution in [-0.4, -0.2) is 33.5 Å². The van der Waals surface area contributed by atoms with Crippen LogP contribution in [-0.2, 0) is 4.74 Å². The zero-order valence-corrected chi connectivity index (χ0v) is 11.5. The van der Waals surface area contributed by atoms with Gasteiger partial charge in [-0.15, -0.1) is 0 Å². The summed E-state index contributed by atoms with van der Waals surface area (Å²) in [6, 6.07) is 7.68. The third-order valence-electron chi connectivity index (χ3n) is 3.74. The van der Waals surface area contributed by atoms with Crippen molar-refractivity contribution in [2.45, 2.75) is 12.8 Å². The highest BCUT2D eigenvalue weighted by Gasteiger charge is 2.23. The third kappa shape index (κ3) is 4.11. The van der Waals surface area contributed by atoms with E-state index in [0.29, 0.717) is 25.0 Å². The van der Waals surface area contributed by atoms with E-state index in [9.17, 15) is 0 Å². The average molecular weight is 265 g/mol. The van der Waals surface area contributed by atoms with Gasteiger partial charge in [0.25, 0.3) is 0 Å². The normalized spacial score (nSPS) is 18.0.